The number of carbonyl (C=O) groups is 1. The van der Waals surface area contributed by atoms with E-state index in [1.165, 1.54) is 0 Å². The third-order valence-corrected chi connectivity index (χ3v) is 4.10. The SMILES string of the molecule is CN=C(NCCCOCC(C)C)NCc1cccc(OCC(=O)NC2CC2)c1.I. The van der Waals surface area contributed by atoms with Gasteiger partial charge in [0.15, 0.2) is 12.6 Å². The number of nitrogens with zero attached hydrogens (tertiary/aromatic N) is 1. The number of halogens is 1. The molecule has 8 heteroatoms. The highest BCUT2D eigenvalue weighted by Gasteiger charge is 2.23. The molecule has 1 aromatic carbocycles. The number of hydrogen-bond donors (Lipinski definition) is 3. The molecule has 0 atom stereocenters. The lowest BCUT2D eigenvalue weighted by atomic mass is 10.2. The van der Waals surface area contributed by atoms with Gasteiger partial charge in [0.05, 0.1) is 0 Å². The Balaban J connectivity index is 0.00000420. The molecule has 0 spiro atoms. The van der Waals surface area contributed by atoms with Crippen LogP contribution >= 0.6 is 24.0 Å². The summed E-state index contributed by atoms with van der Waals surface area (Å²) in [6.07, 6.45) is 3.08. The van der Waals surface area contributed by atoms with Crippen LogP contribution in [0.25, 0.3) is 0 Å². The van der Waals surface area contributed by atoms with Crippen LogP contribution in [-0.4, -0.2) is 51.3 Å². The molecular weight excluding hydrogens is 483 g/mol. The molecule has 1 fully saturated rings. The van der Waals surface area contributed by atoms with Crippen LogP contribution in [0.5, 0.6) is 5.75 Å². The minimum Gasteiger partial charge on any atom is -0.484 e. The molecule has 29 heavy (non-hydrogen) atoms. The van der Waals surface area contributed by atoms with E-state index in [0.29, 0.717) is 24.3 Å². The summed E-state index contributed by atoms with van der Waals surface area (Å²) in [7, 11) is 1.75. The van der Waals surface area contributed by atoms with Gasteiger partial charge in [-0.2, -0.15) is 0 Å². The Labute approximate surface area is 191 Å². The van der Waals surface area contributed by atoms with Gasteiger partial charge in [-0.15, -0.1) is 24.0 Å². The predicted octanol–water partition coefficient (Wildman–Crippen LogP) is 2.69. The van der Waals surface area contributed by atoms with Crippen LogP contribution < -0.4 is 20.7 Å². The van der Waals surface area contributed by atoms with E-state index in [1.807, 2.05) is 24.3 Å². The quantitative estimate of drug-likeness (QED) is 0.172. The van der Waals surface area contributed by atoms with Crippen molar-refractivity contribution in [3.05, 3.63) is 29.8 Å². The second-order valence-electron chi connectivity index (χ2n) is 7.45. The monoisotopic (exact) mass is 518 g/mol. The van der Waals surface area contributed by atoms with Crippen LogP contribution in [0.3, 0.4) is 0 Å². The molecule has 0 heterocycles. The van der Waals surface area contributed by atoms with Crippen molar-refractivity contribution in [1.82, 2.24) is 16.0 Å². The van der Waals surface area contributed by atoms with Crippen molar-refractivity contribution in [3.8, 4) is 5.75 Å². The van der Waals surface area contributed by atoms with E-state index in [1.54, 1.807) is 7.05 Å². The molecule has 1 amide bonds. The molecule has 0 aromatic heterocycles. The minimum absolute atomic E-state index is 0. The lowest BCUT2D eigenvalue weighted by Gasteiger charge is -2.13. The van der Waals surface area contributed by atoms with Crippen molar-refractivity contribution in [1.29, 1.82) is 0 Å². The number of benzene rings is 1. The van der Waals surface area contributed by atoms with Crippen molar-refractivity contribution >= 4 is 35.8 Å². The molecule has 164 valence electrons. The zero-order chi connectivity index (χ0) is 20.2. The number of aliphatic imine (C=N–C) groups is 1. The van der Waals surface area contributed by atoms with Crippen LogP contribution in [0.4, 0.5) is 0 Å². The molecule has 1 aromatic rings. The molecule has 0 saturated heterocycles. The normalized spacial score (nSPS) is 13.6. The highest BCUT2D eigenvalue weighted by molar-refractivity contribution is 14.0. The third-order valence-electron chi connectivity index (χ3n) is 4.10. The van der Waals surface area contributed by atoms with Crippen molar-refractivity contribution in [2.24, 2.45) is 10.9 Å². The smallest absolute Gasteiger partial charge is 0.258 e. The van der Waals surface area contributed by atoms with Gasteiger partial charge in [-0.25, -0.2) is 0 Å². The lowest BCUT2D eigenvalue weighted by molar-refractivity contribution is -0.123. The number of carbonyl (C=O) groups excluding carboxylic acids is 1. The van der Waals surface area contributed by atoms with Crippen LogP contribution in [0, 0.1) is 5.92 Å². The Hall–Kier alpha value is -1.55. The first-order chi connectivity index (χ1) is 13.6. The van der Waals surface area contributed by atoms with E-state index in [9.17, 15) is 4.79 Å². The topological polar surface area (TPSA) is 84.0 Å². The highest BCUT2D eigenvalue weighted by Crippen LogP contribution is 2.18. The zero-order valence-electron chi connectivity index (χ0n) is 17.7. The first-order valence-electron chi connectivity index (χ1n) is 10.1. The summed E-state index contributed by atoms with van der Waals surface area (Å²) in [6, 6.07) is 8.08. The molecule has 1 aliphatic carbocycles. The number of nitrogens with one attached hydrogen (secondary N) is 3. The van der Waals surface area contributed by atoms with E-state index in [4.69, 9.17) is 9.47 Å². The number of guanidine groups is 1. The largest absolute Gasteiger partial charge is 0.484 e. The Morgan fingerprint density at radius 2 is 2.07 bits per heavy atom. The summed E-state index contributed by atoms with van der Waals surface area (Å²) in [4.78, 5) is 16.0. The summed E-state index contributed by atoms with van der Waals surface area (Å²) in [5.41, 5.74) is 1.06. The van der Waals surface area contributed by atoms with Gasteiger partial charge in [0.1, 0.15) is 5.75 Å². The summed E-state index contributed by atoms with van der Waals surface area (Å²) in [6.45, 7) is 7.31. The molecule has 1 saturated carbocycles. The van der Waals surface area contributed by atoms with Crippen molar-refractivity contribution in [2.45, 2.75) is 45.7 Å². The van der Waals surface area contributed by atoms with Gasteiger partial charge in [0.2, 0.25) is 0 Å². The average molecular weight is 518 g/mol. The number of amides is 1. The maximum absolute atomic E-state index is 11.7. The van der Waals surface area contributed by atoms with Crippen LogP contribution in [0.15, 0.2) is 29.3 Å². The average Bonchev–Trinajstić information content (AvgIpc) is 3.49. The van der Waals surface area contributed by atoms with Gasteiger partial charge in [0.25, 0.3) is 5.91 Å². The third kappa shape index (κ3) is 11.9. The summed E-state index contributed by atoms with van der Waals surface area (Å²) in [5.74, 6) is 1.94. The fourth-order valence-corrected chi connectivity index (χ4v) is 2.50. The summed E-state index contributed by atoms with van der Waals surface area (Å²) >= 11 is 0. The Morgan fingerprint density at radius 3 is 2.76 bits per heavy atom. The zero-order valence-corrected chi connectivity index (χ0v) is 20.0. The highest BCUT2D eigenvalue weighted by atomic mass is 127. The maximum Gasteiger partial charge on any atom is 0.258 e. The second kappa shape index (κ2) is 14.4. The Kier molecular flexibility index (Phi) is 12.7. The summed E-state index contributed by atoms with van der Waals surface area (Å²) in [5, 5.41) is 9.48. The van der Waals surface area contributed by atoms with Gasteiger partial charge in [-0.3, -0.25) is 9.79 Å². The van der Waals surface area contributed by atoms with Crippen molar-refractivity contribution in [2.75, 3.05) is 33.4 Å². The molecule has 2 rings (SSSR count). The molecule has 0 bridgehead atoms. The Bertz CT molecular complexity index is 636. The van der Waals surface area contributed by atoms with Crippen LogP contribution in [0.2, 0.25) is 0 Å². The Morgan fingerprint density at radius 1 is 1.28 bits per heavy atom. The minimum atomic E-state index is -0.0620. The predicted molar refractivity (Wildman–Crippen MR) is 127 cm³/mol. The number of rotatable bonds is 12. The van der Waals surface area contributed by atoms with E-state index in [0.717, 1.165) is 50.5 Å². The molecule has 3 N–H and O–H groups in total. The van der Waals surface area contributed by atoms with Crippen molar-refractivity contribution in [3.63, 3.8) is 0 Å². The standard InChI is InChI=1S/C21H34N4O3.HI/c1-16(2)14-27-11-5-10-23-21(22-3)24-13-17-6-4-7-19(12-17)28-15-20(26)25-18-8-9-18;/h4,6-7,12,16,18H,5,8-11,13-15H2,1-3H3,(H,25,26)(H2,22,23,24);1H. The molecule has 0 unspecified atom stereocenters. The van der Waals surface area contributed by atoms with E-state index in [2.05, 4.69) is 34.8 Å². The van der Waals surface area contributed by atoms with E-state index >= 15 is 0 Å². The number of hydrogen-bond acceptors (Lipinski definition) is 4. The molecule has 1 aliphatic rings. The van der Waals surface area contributed by atoms with Crippen LogP contribution in [-0.2, 0) is 16.1 Å². The molecule has 7 nitrogen and oxygen atoms in total. The van der Waals surface area contributed by atoms with E-state index in [-0.39, 0.29) is 36.5 Å². The molecular formula is C21H35IN4O3. The first kappa shape index (κ1) is 25.5. The van der Waals surface area contributed by atoms with Crippen molar-refractivity contribution < 1.29 is 14.3 Å². The molecule has 0 radical (unpaired) electrons. The van der Waals surface area contributed by atoms with Gasteiger partial charge in [0, 0.05) is 39.4 Å². The van der Waals surface area contributed by atoms with Gasteiger partial charge < -0.3 is 25.4 Å². The maximum atomic E-state index is 11.7. The van der Waals surface area contributed by atoms with Gasteiger partial charge >= 0.3 is 0 Å². The van der Waals surface area contributed by atoms with Gasteiger partial charge in [-0.1, -0.05) is 26.0 Å². The fourth-order valence-electron chi connectivity index (χ4n) is 2.50. The lowest BCUT2D eigenvalue weighted by Crippen LogP contribution is -2.37. The fraction of sp³-hybridized carbons (Fsp3) is 0.619. The van der Waals surface area contributed by atoms with Crippen LogP contribution in [0.1, 0.15) is 38.7 Å². The second-order valence-corrected chi connectivity index (χ2v) is 7.45. The summed E-state index contributed by atoms with van der Waals surface area (Å²) < 4.78 is 11.2. The molecule has 0 aliphatic heterocycles. The van der Waals surface area contributed by atoms with Gasteiger partial charge in [-0.05, 0) is 42.9 Å². The van der Waals surface area contributed by atoms with E-state index < -0.39 is 0 Å². The first-order valence-corrected chi connectivity index (χ1v) is 10.1. The number of ether oxygens (including phenoxy) is 2.